The molecule has 1 amide bonds. The van der Waals surface area contributed by atoms with Gasteiger partial charge in [0.15, 0.2) is 0 Å². The first kappa shape index (κ1) is 15.8. The summed E-state index contributed by atoms with van der Waals surface area (Å²) in [4.78, 5) is 11.8. The third kappa shape index (κ3) is 4.46. The fraction of sp³-hybridized carbons (Fsp3) is 0.588. The summed E-state index contributed by atoms with van der Waals surface area (Å²) in [5.74, 6) is 0.867. The van der Waals surface area contributed by atoms with E-state index in [0.29, 0.717) is 19.6 Å². The Balaban J connectivity index is 1.69. The number of ether oxygens (including phenoxy) is 1. The molecule has 2 N–H and O–H groups in total. The maximum Gasteiger partial charge on any atom is 0.223 e. The quantitative estimate of drug-likeness (QED) is 0.773. The molecule has 1 fully saturated rings. The van der Waals surface area contributed by atoms with Crippen LogP contribution in [0.2, 0.25) is 0 Å². The van der Waals surface area contributed by atoms with E-state index in [1.165, 1.54) is 5.56 Å². The minimum Gasteiger partial charge on any atom is -0.493 e. The summed E-state index contributed by atoms with van der Waals surface area (Å²) in [6, 6.07) is 5.94. The number of hydrogen-bond donors (Lipinski definition) is 2. The zero-order chi connectivity index (χ0) is 15.3. The predicted octanol–water partition coefficient (Wildman–Crippen LogP) is 2.35. The minimum absolute atomic E-state index is 0.0181. The van der Waals surface area contributed by atoms with Gasteiger partial charge >= 0.3 is 0 Å². The summed E-state index contributed by atoms with van der Waals surface area (Å²) < 4.78 is 5.68. The summed E-state index contributed by atoms with van der Waals surface area (Å²) in [6.45, 7) is 5.34. The Morgan fingerprint density at radius 1 is 1.38 bits per heavy atom. The van der Waals surface area contributed by atoms with Crippen LogP contribution in [0.3, 0.4) is 0 Å². The molecule has 2 rings (SSSR count). The van der Waals surface area contributed by atoms with E-state index in [1.807, 2.05) is 32.0 Å². The van der Waals surface area contributed by atoms with Gasteiger partial charge in [0.05, 0.1) is 13.0 Å². The van der Waals surface area contributed by atoms with Crippen molar-refractivity contribution in [2.45, 2.75) is 39.5 Å². The Morgan fingerprint density at radius 2 is 2.14 bits per heavy atom. The van der Waals surface area contributed by atoms with E-state index in [-0.39, 0.29) is 17.9 Å². The number of carbonyl (C=O) groups excluding carboxylic acids is 1. The number of aliphatic hydroxyl groups excluding tert-OH is 1. The van der Waals surface area contributed by atoms with Gasteiger partial charge in [0, 0.05) is 13.2 Å². The van der Waals surface area contributed by atoms with Gasteiger partial charge in [0.1, 0.15) is 5.75 Å². The lowest BCUT2D eigenvalue weighted by Gasteiger charge is -2.15. The molecule has 0 radical (unpaired) electrons. The molecule has 1 aromatic rings. The van der Waals surface area contributed by atoms with E-state index in [2.05, 4.69) is 5.32 Å². The van der Waals surface area contributed by atoms with E-state index < -0.39 is 0 Å². The zero-order valence-corrected chi connectivity index (χ0v) is 12.9. The maximum absolute atomic E-state index is 11.8. The smallest absolute Gasteiger partial charge is 0.223 e. The first-order chi connectivity index (χ1) is 10.1. The van der Waals surface area contributed by atoms with Crippen molar-refractivity contribution in [2.24, 2.45) is 5.41 Å². The number of carbonyl (C=O) groups is 1. The highest BCUT2D eigenvalue weighted by molar-refractivity contribution is 5.76. The van der Waals surface area contributed by atoms with Crippen LogP contribution in [0.1, 0.15) is 36.8 Å². The van der Waals surface area contributed by atoms with Gasteiger partial charge in [-0.3, -0.25) is 4.79 Å². The van der Waals surface area contributed by atoms with E-state index in [1.54, 1.807) is 0 Å². The van der Waals surface area contributed by atoms with Crippen LogP contribution in [-0.4, -0.2) is 30.8 Å². The molecule has 21 heavy (non-hydrogen) atoms. The van der Waals surface area contributed by atoms with Crippen molar-refractivity contribution in [1.82, 2.24) is 5.32 Å². The second-order valence-corrected chi connectivity index (χ2v) is 6.05. The molecule has 0 aliphatic heterocycles. The molecule has 0 spiro atoms. The maximum atomic E-state index is 11.8. The number of amides is 1. The summed E-state index contributed by atoms with van der Waals surface area (Å²) in [7, 11) is 0. The molecule has 4 nitrogen and oxygen atoms in total. The van der Waals surface area contributed by atoms with Crippen molar-refractivity contribution >= 4 is 5.91 Å². The molecule has 1 aromatic carbocycles. The minimum atomic E-state index is 0.0181. The van der Waals surface area contributed by atoms with Crippen LogP contribution in [-0.2, 0) is 4.79 Å². The third-order valence-corrected chi connectivity index (χ3v) is 4.40. The zero-order valence-electron chi connectivity index (χ0n) is 12.9. The van der Waals surface area contributed by atoms with Gasteiger partial charge in [0.2, 0.25) is 5.91 Å². The standard InChI is InChI=1S/C17H25NO3/c1-13-4-3-5-15(14(13)2)21-11-6-16(20)18-12-17(7-8-17)9-10-19/h3-5,19H,6-12H2,1-2H3,(H,18,20). The summed E-state index contributed by atoms with van der Waals surface area (Å²) in [6.07, 6.45) is 3.36. The van der Waals surface area contributed by atoms with Crippen molar-refractivity contribution < 1.29 is 14.6 Å². The highest BCUT2D eigenvalue weighted by atomic mass is 16.5. The lowest BCUT2D eigenvalue weighted by Crippen LogP contribution is -2.31. The molecular weight excluding hydrogens is 266 g/mol. The fourth-order valence-electron chi connectivity index (χ4n) is 2.44. The molecule has 116 valence electrons. The van der Waals surface area contributed by atoms with Gasteiger partial charge in [-0.05, 0) is 55.7 Å². The van der Waals surface area contributed by atoms with Crippen molar-refractivity contribution in [3.8, 4) is 5.75 Å². The van der Waals surface area contributed by atoms with E-state index >= 15 is 0 Å². The van der Waals surface area contributed by atoms with Crippen molar-refractivity contribution in [3.63, 3.8) is 0 Å². The highest BCUT2D eigenvalue weighted by Crippen LogP contribution is 2.47. The van der Waals surface area contributed by atoms with Gasteiger partial charge in [-0.15, -0.1) is 0 Å². The van der Waals surface area contributed by atoms with Crippen LogP contribution in [0, 0.1) is 19.3 Å². The Morgan fingerprint density at radius 3 is 2.81 bits per heavy atom. The van der Waals surface area contributed by atoms with E-state index in [9.17, 15) is 4.79 Å². The Bertz CT molecular complexity index is 495. The van der Waals surface area contributed by atoms with Crippen LogP contribution in [0.15, 0.2) is 18.2 Å². The molecule has 0 aromatic heterocycles. The SMILES string of the molecule is Cc1cccc(OCCC(=O)NCC2(CCO)CC2)c1C. The molecule has 0 bridgehead atoms. The van der Waals surface area contributed by atoms with Gasteiger partial charge < -0.3 is 15.2 Å². The van der Waals surface area contributed by atoms with Gasteiger partial charge in [-0.2, -0.15) is 0 Å². The normalized spacial score (nSPS) is 15.6. The van der Waals surface area contributed by atoms with Gasteiger partial charge in [0.25, 0.3) is 0 Å². The van der Waals surface area contributed by atoms with E-state index in [0.717, 1.165) is 30.6 Å². The number of nitrogens with one attached hydrogen (secondary N) is 1. The second-order valence-electron chi connectivity index (χ2n) is 6.05. The van der Waals surface area contributed by atoms with Gasteiger partial charge in [-0.1, -0.05) is 12.1 Å². The van der Waals surface area contributed by atoms with Crippen molar-refractivity contribution in [2.75, 3.05) is 19.8 Å². The number of benzene rings is 1. The molecule has 4 heteroatoms. The number of aliphatic hydroxyl groups is 1. The van der Waals surface area contributed by atoms with Crippen LogP contribution in [0.4, 0.5) is 0 Å². The molecular formula is C17H25NO3. The van der Waals surface area contributed by atoms with E-state index in [4.69, 9.17) is 9.84 Å². The lowest BCUT2D eigenvalue weighted by atomic mass is 10.0. The first-order valence-electron chi connectivity index (χ1n) is 7.63. The molecule has 0 atom stereocenters. The number of rotatable bonds is 8. The van der Waals surface area contributed by atoms with Crippen molar-refractivity contribution in [3.05, 3.63) is 29.3 Å². The Labute approximate surface area is 126 Å². The highest BCUT2D eigenvalue weighted by Gasteiger charge is 2.41. The topological polar surface area (TPSA) is 58.6 Å². The predicted molar refractivity (Wildman–Crippen MR) is 82.4 cm³/mol. The molecule has 0 unspecified atom stereocenters. The monoisotopic (exact) mass is 291 g/mol. The van der Waals surface area contributed by atoms with Crippen LogP contribution in [0.25, 0.3) is 0 Å². The lowest BCUT2D eigenvalue weighted by molar-refractivity contribution is -0.121. The first-order valence-corrected chi connectivity index (χ1v) is 7.63. The Hall–Kier alpha value is -1.55. The van der Waals surface area contributed by atoms with Crippen LogP contribution < -0.4 is 10.1 Å². The molecule has 0 heterocycles. The van der Waals surface area contributed by atoms with Gasteiger partial charge in [-0.25, -0.2) is 0 Å². The summed E-state index contributed by atoms with van der Waals surface area (Å²) >= 11 is 0. The van der Waals surface area contributed by atoms with Crippen LogP contribution >= 0.6 is 0 Å². The largest absolute Gasteiger partial charge is 0.493 e. The average molecular weight is 291 g/mol. The second kappa shape index (κ2) is 6.94. The summed E-state index contributed by atoms with van der Waals surface area (Å²) in [5.41, 5.74) is 2.48. The molecule has 1 saturated carbocycles. The van der Waals surface area contributed by atoms with Crippen molar-refractivity contribution in [1.29, 1.82) is 0 Å². The molecule has 1 aliphatic rings. The Kier molecular flexibility index (Phi) is 5.23. The number of aryl methyl sites for hydroxylation is 1. The molecule has 1 aliphatic carbocycles. The molecule has 0 saturated heterocycles. The summed E-state index contributed by atoms with van der Waals surface area (Å²) in [5, 5.41) is 11.9. The van der Waals surface area contributed by atoms with Crippen LogP contribution in [0.5, 0.6) is 5.75 Å². The average Bonchev–Trinajstić information content (AvgIpc) is 3.22. The fourth-order valence-corrected chi connectivity index (χ4v) is 2.44. The number of hydrogen-bond acceptors (Lipinski definition) is 3. The third-order valence-electron chi connectivity index (χ3n) is 4.40.